The van der Waals surface area contributed by atoms with E-state index < -0.39 is 29.2 Å². The lowest BCUT2D eigenvalue weighted by Crippen LogP contribution is -2.35. The zero-order chi connectivity index (χ0) is 19.7. The summed E-state index contributed by atoms with van der Waals surface area (Å²) in [6.45, 7) is 0. The van der Waals surface area contributed by atoms with Gasteiger partial charge in [-0.05, 0) is 17.7 Å². The van der Waals surface area contributed by atoms with Crippen molar-refractivity contribution in [2.45, 2.75) is 6.10 Å². The number of carbonyl (C=O) groups is 2. The summed E-state index contributed by atoms with van der Waals surface area (Å²) >= 11 is 0. The summed E-state index contributed by atoms with van der Waals surface area (Å²) in [5.41, 5.74) is -0.0703. The second-order valence-electron chi connectivity index (χ2n) is 5.52. The van der Waals surface area contributed by atoms with E-state index in [-0.39, 0.29) is 28.0 Å². The Hall–Kier alpha value is -4.01. The molecule has 3 rings (SSSR count). The van der Waals surface area contributed by atoms with Gasteiger partial charge in [-0.15, -0.1) is 0 Å². The molecule has 0 saturated carbocycles. The van der Waals surface area contributed by atoms with Gasteiger partial charge in [0.1, 0.15) is 34.5 Å². The van der Waals surface area contributed by atoms with E-state index in [0.29, 0.717) is 5.56 Å². The highest BCUT2D eigenvalue weighted by Crippen LogP contribution is 2.30. The van der Waals surface area contributed by atoms with Gasteiger partial charge < -0.3 is 29.6 Å². The third-order valence-electron chi connectivity index (χ3n) is 3.71. The lowest BCUT2D eigenvalue weighted by molar-refractivity contribution is -0.159. The molecular weight excluding hydrogens is 360 g/mol. The van der Waals surface area contributed by atoms with Crippen molar-refractivity contribution in [2.75, 3.05) is 0 Å². The fourth-order valence-electron chi connectivity index (χ4n) is 2.47. The van der Waals surface area contributed by atoms with Gasteiger partial charge in [-0.3, -0.25) is 4.79 Å². The van der Waals surface area contributed by atoms with E-state index >= 15 is 0 Å². The molecular formula is C18H12O9. The molecule has 2 aromatic carbocycles. The van der Waals surface area contributed by atoms with Gasteiger partial charge >= 0.3 is 11.9 Å². The average molecular weight is 372 g/mol. The molecule has 0 bridgehead atoms. The van der Waals surface area contributed by atoms with E-state index in [1.54, 1.807) is 0 Å². The maximum Gasteiger partial charge on any atom is 0.356 e. The number of aromatic hydroxyl groups is 2. The highest BCUT2D eigenvalue weighted by Gasteiger charge is 2.27. The zero-order valence-corrected chi connectivity index (χ0v) is 13.4. The third-order valence-corrected chi connectivity index (χ3v) is 3.71. The van der Waals surface area contributed by atoms with Crippen molar-refractivity contribution in [3.63, 3.8) is 0 Å². The SMILES string of the molecule is O=C(O)C(Oc1ccc(-c2coc3cc(O)cc(O)c3c2=O)cc1)C(=O)O. The number of ether oxygens (including phenoxy) is 1. The van der Waals surface area contributed by atoms with Crippen molar-refractivity contribution in [1.82, 2.24) is 0 Å². The Balaban J connectivity index is 1.98. The van der Waals surface area contributed by atoms with Crippen LogP contribution in [0.15, 0.2) is 51.9 Å². The summed E-state index contributed by atoms with van der Waals surface area (Å²) in [6, 6.07) is 7.62. The number of carboxylic acids is 2. The van der Waals surface area contributed by atoms with Gasteiger partial charge in [0.2, 0.25) is 5.43 Å². The number of hydrogen-bond acceptors (Lipinski definition) is 7. The topological polar surface area (TPSA) is 154 Å². The molecule has 4 N–H and O–H groups in total. The van der Waals surface area contributed by atoms with Gasteiger partial charge in [-0.2, -0.15) is 0 Å². The molecule has 0 saturated heterocycles. The molecule has 0 aliphatic heterocycles. The molecule has 27 heavy (non-hydrogen) atoms. The highest BCUT2D eigenvalue weighted by atomic mass is 16.5. The molecule has 0 fully saturated rings. The van der Waals surface area contributed by atoms with E-state index in [4.69, 9.17) is 19.4 Å². The van der Waals surface area contributed by atoms with Crippen LogP contribution in [-0.2, 0) is 9.59 Å². The first-order valence-electron chi connectivity index (χ1n) is 7.48. The fraction of sp³-hybridized carbons (Fsp3) is 0.0556. The average Bonchev–Trinajstić information content (AvgIpc) is 2.59. The second-order valence-corrected chi connectivity index (χ2v) is 5.52. The summed E-state index contributed by atoms with van der Waals surface area (Å²) in [7, 11) is 0. The standard InChI is InChI=1S/C18H12O9/c19-9-5-12(20)14-13(6-9)26-7-11(15(14)21)8-1-3-10(4-2-8)27-16(17(22)23)18(24)25/h1-7,16,19-20H,(H,22,23)(H,24,25). The predicted octanol–water partition coefficient (Wildman–Crippen LogP) is 1.79. The summed E-state index contributed by atoms with van der Waals surface area (Å²) in [5, 5.41) is 36.9. The van der Waals surface area contributed by atoms with Gasteiger partial charge in [-0.25, -0.2) is 9.59 Å². The quantitative estimate of drug-likeness (QED) is 0.491. The largest absolute Gasteiger partial charge is 0.508 e. The Bertz CT molecular complexity index is 1080. The van der Waals surface area contributed by atoms with E-state index in [2.05, 4.69) is 0 Å². The van der Waals surface area contributed by atoms with Crippen LogP contribution in [0.1, 0.15) is 0 Å². The first-order valence-corrected chi connectivity index (χ1v) is 7.48. The molecule has 1 heterocycles. The van der Waals surface area contributed by atoms with Crippen LogP contribution in [0.25, 0.3) is 22.1 Å². The lowest BCUT2D eigenvalue weighted by Gasteiger charge is -2.11. The van der Waals surface area contributed by atoms with Crippen LogP contribution < -0.4 is 10.2 Å². The second kappa shape index (κ2) is 6.71. The molecule has 0 amide bonds. The summed E-state index contributed by atoms with van der Waals surface area (Å²) in [5.74, 6) is -4.03. The summed E-state index contributed by atoms with van der Waals surface area (Å²) in [4.78, 5) is 34.3. The first-order chi connectivity index (χ1) is 12.8. The smallest absolute Gasteiger partial charge is 0.356 e. The number of phenolic OH excluding ortho intramolecular Hbond substituents is 2. The first kappa shape index (κ1) is 17.8. The molecule has 9 heteroatoms. The maximum atomic E-state index is 12.6. The Morgan fingerprint density at radius 3 is 2.22 bits per heavy atom. The number of fused-ring (bicyclic) bond motifs is 1. The van der Waals surface area contributed by atoms with Crippen molar-refractivity contribution in [1.29, 1.82) is 0 Å². The Kier molecular flexibility index (Phi) is 4.43. The van der Waals surface area contributed by atoms with Gasteiger partial charge in [0, 0.05) is 12.1 Å². The molecule has 3 aromatic rings. The Morgan fingerprint density at radius 1 is 1.00 bits per heavy atom. The van der Waals surface area contributed by atoms with Crippen LogP contribution in [-0.4, -0.2) is 38.5 Å². The van der Waals surface area contributed by atoms with Crippen LogP contribution in [0.4, 0.5) is 0 Å². The van der Waals surface area contributed by atoms with Crippen LogP contribution in [0.3, 0.4) is 0 Å². The van der Waals surface area contributed by atoms with E-state index in [0.717, 1.165) is 12.3 Å². The van der Waals surface area contributed by atoms with Crippen LogP contribution in [0.5, 0.6) is 17.2 Å². The molecule has 0 radical (unpaired) electrons. The number of rotatable bonds is 5. The number of benzene rings is 2. The molecule has 0 aliphatic rings. The predicted molar refractivity (Wildman–Crippen MR) is 90.9 cm³/mol. The normalized spacial score (nSPS) is 10.9. The van der Waals surface area contributed by atoms with Crippen molar-refractivity contribution >= 4 is 22.9 Å². The van der Waals surface area contributed by atoms with Crippen molar-refractivity contribution in [3.8, 4) is 28.4 Å². The minimum atomic E-state index is -2.06. The monoisotopic (exact) mass is 372 g/mol. The molecule has 0 spiro atoms. The van der Waals surface area contributed by atoms with Gasteiger partial charge in [-0.1, -0.05) is 12.1 Å². The van der Waals surface area contributed by atoms with Gasteiger partial charge in [0.15, 0.2) is 0 Å². The minimum Gasteiger partial charge on any atom is -0.508 e. The number of phenols is 2. The molecule has 9 nitrogen and oxygen atoms in total. The lowest BCUT2D eigenvalue weighted by atomic mass is 10.0. The zero-order valence-electron chi connectivity index (χ0n) is 13.4. The van der Waals surface area contributed by atoms with Crippen LogP contribution in [0.2, 0.25) is 0 Å². The van der Waals surface area contributed by atoms with E-state index in [1.807, 2.05) is 0 Å². The highest BCUT2D eigenvalue weighted by molar-refractivity contribution is 5.96. The van der Waals surface area contributed by atoms with Gasteiger partial charge in [0.05, 0.1) is 5.56 Å². The molecule has 0 unspecified atom stereocenters. The molecule has 0 aliphatic carbocycles. The summed E-state index contributed by atoms with van der Waals surface area (Å²) in [6.07, 6.45) is -0.914. The fourth-order valence-corrected chi connectivity index (χ4v) is 2.47. The number of aliphatic carboxylic acids is 2. The molecule has 1 aromatic heterocycles. The van der Waals surface area contributed by atoms with E-state index in [9.17, 15) is 24.6 Å². The van der Waals surface area contributed by atoms with E-state index in [1.165, 1.54) is 30.3 Å². The maximum absolute atomic E-state index is 12.6. The third kappa shape index (κ3) is 3.38. The Labute approximate surface area is 150 Å². The van der Waals surface area contributed by atoms with Crippen LogP contribution >= 0.6 is 0 Å². The minimum absolute atomic E-state index is 0.00645. The van der Waals surface area contributed by atoms with Gasteiger partial charge in [0.25, 0.3) is 6.10 Å². The summed E-state index contributed by atoms with van der Waals surface area (Å²) < 4.78 is 10.2. The number of carboxylic acid groups (broad SMARTS) is 2. The molecule has 138 valence electrons. The van der Waals surface area contributed by atoms with Crippen molar-refractivity contribution < 1.29 is 39.2 Å². The molecule has 0 atom stereocenters. The van der Waals surface area contributed by atoms with Crippen LogP contribution in [0, 0.1) is 0 Å². The Morgan fingerprint density at radius 2 is 1.63 bits per heavy atom. The van der Waals surface area contributed by atoms with Crippen molar-refractivity contribution in [3.05, 3.63) is 52.9 Å². The van der Waals surface area contributed by atoms with Crippen molar-refractivity contribution in [2.24, 2.45) is 0 Å². The number of hydrogen-bond donors (Lipinski definition) is 4.